The van der Waals surface area contributed by atoms with E-state index in [0.29, 0.717) is 9.16 Å². The number of rotatable bonds is 3. The van der Waals surface area contributed by atoms with Gasteiger partial charge in [-0.2, -0.15) is 0 Å². The molecular formula is C12H10Cl2N2O4. The highest BCUT2D eigenvalue weighted by atomic mass is 35.5. The van der Waals surface area contributed by atoms with Crippen molar-refractivity contribution in [3.05, 3.63) is 45.8 Å². The van der Waals surface area contributed by atoms with Crippen molar-refractivity contribution in [1.82, 2.24) is 4.73 Å². The number of fused-ring (bicyclic) bond motifs is 1. The summed E-state index contributed by atoms with van der Waals surface area (Å²) < 4.78 is 5.46. The van der Waals surface area contributed by atoms with Crippen molar-refractivity contribution in [2.45, 2.75) is 11.8 Å². The van der Waals surface area contributed by atoms with Gasteiger partial charge in [0.2, 0.25) is 0 Å². The topological polar surface area (TPSA) is 77.3 Å². The minimum absolute atomic E-state index is 0.0308. The van der Waals surface area contributed by atoms with Gasteiger partial charge in [-0.3, -0.25) is 0 Å². The molecule has 1 aromatic heterocycles. The summed E-state index contributed by atoms with van der Waals surface area (Å²) in [6, 6.07) is 6.01. The SMILES string of the molecule is CCOC(=O)c1c(C(Cl)Cl)n([O-])c2ccccc2[n+]1=O. The molecule has 0 radical (unpaired) electrons. The maximum atomic E-state index is 12.3. The van der Waals surface area contributed by atoms with E-state index in [1.165, 1.54) is 12.1 Å². The number of alkyl halides is 2. The molecule has 0 fully saturated rings. The molecule has 0 bridgehead atoms. The number of esters is 1. The van der Waals surface area contributed by atoms with Gasteiger partial charge in [0, 0.05) is 11.0 Å². The van der Waals surface area contributed by atoms with Gasteiger partial charge in [0.15, 0.2) is 4.84 Å². The monoisotopic (exact) mass is 316 g/mol. The minimum atomic E-state index is -1.34. The van der Waals surface area contributed by atoms with Crippen LogP contribution in [0.3, 0.4) is 0 Å². The van der Waals surface area contributed by atoms with E-state index in [-0.39, 0.29) is 23.3 Å². The highest BCUT2D eigenvalue weighted by Crippen LogP contribution is 2.28. The first-order chi connectivity index (χ1) is 9.49. The highest BCUT2D eigenvalue weighted by Gasteiger charge is 2.33. The van der Waals surface area contributed by atoms with Gasteiger partial charge in [0.05, 0.1) is 11.0 Å². The van der Waals surface area contributed by atoms with Gasteiger partial charge >= 0.3 is 11.7 Å². The summed E-state index contributed by atoms with van der Waals surface area (Å²) in [6.45, 7) is 1.64. The highest BCUT2D eigenvalue weighted by molar-refractivity contribution is 6.44. The van der Waals surface area contributed by atoms with Gasteiger partial charge in [0.1, 0.15) is 11.2 Å². The van der Waals surface area contributed by atoms with Crippen LogP contribution in [0.1, 0.15) is 27.9 Å². The van der Waals surface area contributed by atoms with Gasteiger partial charge in [-0.25, -0.2) is 4.79 Å². The van der Waals surface area contributed by atoms with E-state index in [2.05, 4.69) is 0 Å². The Kier molecular flexibility index (Phi) is 4.15. The molecule has 0 amide bonds. The van der Waals surface area contributed by atoms with E-state index in [1.807, 2.05) is 0 Å². The summed E-state index contributed by atoms with van der Waals surface area (Å²) in [4.78, 5) is 22.8. The lowest BCUT2D eigenvalue weighted by atomic mass is 10.2. The van der Waals surface area contributed by atoms with Crippen LogP contribution in [0.5, 0.6) is 0 Å². The van der Waals surface area contributed by atoms with Crippen LogP contribution >= 0.6 is 23.2 Å². The Hall–Kier alpha value is -1.79. The maximum Gasteiger partial charge on any atom is 0.410 e. The second-order valence-electron chi connectivity index (χ2n) is 3.83. The standard InChI is InChI=1S/C12H10Cl2N2O4/c1-2-20-12(17)10-9(11(13)14)15(18)7-5-3-4-6-8(7)16(10)19/h3-6,11H,2H2,1H3. The van der Waals surface area contributed by atoms with Crippen LogP contribution < -0.4 is 4.43 Å². The molecule has 106 valence electrons. The first kappa shape index (κ1) is 14.6. The fourth-order valence-corrected chi connectivity index (χ4v) is 2.22. The van der Waals surface area contributed by atoms with E-state index in [0.717, 1.165) is 0 Å². The molecule has 0 aliphatic rings. The number of ether oxygens (including phenoxy) is 1. The van der Waals surface area contributed by atoms with Gasteiger partial charge in [0.25, 0.3) is 5.52 Å². The van der Waals surface area contributed by atoms with Gasteiger partial charge in [-0.15, -0.1) is 0 Å². The minimum Gasteiger partial charge on any atom is -0.805 e. The number of halogens is 2. The maximum absolute atomic E-state index is 12.3. The number of nitrogens with zero attached hydrogens (tertiary/aromatic N) is 2. The lowest BCUT2D eigenvalue weighted by Crippen LogP contribution is -2.32. The second-order valence-corrected chi connectivity index (χ2v) is 4.93. The van der Waals surface area contributed by atoms with Gasteiger partial charge in [-0.05, 0) is 13.0 Å². The fourth-order valence-electron chi connectivity index (χ4n) is 1.84. The summed E-state index contributed by atoms with van der Waals surface area (Å²) in [5.41, 5.74) is -0.754. The molecule has 0 aliphatic carbocycles. The lowest BCUT2D eigenvalue weighted by Gasteiger charge is -2.18. The first-order valence-electron chi connectivity index (χ1n) is 5.72. The Balaban J connectivity index is 2.90. The number of hydrogen-bond donors (Lipinski definition) is 0. The second kappa shape index (κ2) is 5.68. The van der Waals surface area contributed by atoms with E-state index >= 15 is 0 Å². The van der Waals surface area contributed by atoms with E-state index in [9.17, 15) is 14.9 Å². The molecule has 0 saturated carbocycles. The van der Waals surface area contributed by atoms with Crippen LogP contribution in [0.4, 0.5) is 0 Å². The zero-order chi connectivity index (χ0) is 14.9. The molecule has 0 N–H and O–H groups in total. The molecule has 0 unspecified atom stereocenters. The number of carbonyl (C=O) groups is 1. The van der Waals surface area contributed by atoms with Crippen LogP contribution in [-0.2, 0) is 4.74 Å². The smallest absolute Gasteiger partial charge is 0.410 e. The van der Waals surface area contributed by atoms with Crippen molar-refractivity contribution in [3.8, 4) is 0 Å². The average Bonchev–Trinajstić information content (AvgIpc) is 2.42. The molecule has 0 spiro atoms. The molecule has 0 aliphatic heterocycles. The van der Waals surface area contributed by atoms with Crippen LogP contribution in [0.25, 0.3) is 11.0 Å². The predicted molar refractivity (Wildman–Crippen MR) is 74.5 cm³/mol. The third-order valence-electron chi connectivity index (χ3n) is 2.66. The van der Waals surface area contributed by atoms with Crippen molar-refractivity contribution in [3.63, 3.8) is 0 Å². The number of aromatic nitrogens is 2. The summed E-state index contributed by atoms with van der Waals surface area (Å²) in [6.07, 6.45) is 0. The third kappa shape index (κ3) is 2.32. The first-order valence-corrected chi connectivity index (χ1v) is 6.59. The molecular weight excluding hydrogens is 307 g/mol. The van der Waals surface area contributed by atoms with Crippen LogP contribution in [0.2, 0.25) is 0 Å². The Labute approximate surface area is 123 Å². The molecule has 2 aromatic rings. The zero-order valence-corrected chi connectivity index (χ0v) is 11.9. The Bertz CT molecular complexity index is 727. The van der Waals surface area contributed by atoms with Crippen molar-refractivity contribution in [1.29, 1.82) is 0 Å². The summed E-state index contributed by atoms with van der Waals surface area (Å²) in [5, 5.41) is 12.2. The van der Waals surface area contributed by atoms with Gasteiger partial charge < -0.3 is 14.7 Å². The molecule has 8 heteroatoms. The van der Waals surface area contributed by atoms with Crippen LogP contribution in [0, 0.1) is 10.1 Å². The molecule has 1 heterocycles. The van der Waals surface area contributed by atoms with Crippen molar-refractivity contribution < 1.29 is 14.0 Å². The normalized spacial score (nSPS) is 11.0. The average molecular weight is 317 g/mol. The van der Waals surface area contributed by atoms with Gasteiger partial charge in [-0.1, -0.05) is 35.3 Å². The quantitative estimate of drug-likeness (QED) is 0.495. The Morgan fingerprint density at radius 2 is 2.10 bits per heavy atom. The third-order valence-corrected chi connectivity index (χ3v) is 3.07. The van der Waals surface area contributed by atoms with E-state index < -0.39 is 16.5 Å². The number of carbonyl (C=O) groups excluding carboxylic acids is 1. The fraction of sp³-hybridized carbons (Fsp3) is 0.250. The summed E-state index contributed by atoms with van der Waals surface area (Å²) in [5.74, 6) is -0.945. The summed E-state index contributed by atoms with van der Waals surface area (Å²) >= 11 is 11.4. The molecule has 0 saturated heterocycles. The number of para-hydroxylation sites is 2. The Morgan fingerprint density at radius 1 is 1.45 bits per heavy atom. The van der Waals surface area contributed by atoms with E-state index in [1.54, 1.807) is 19.1 Å². The van der Waals surface area contributed by atoms with Crippen molar-refractivity contribution in [2.75, 3.05) is 6.61 Å². The van der Waals surface area contributed by atoms with Crippen LogP contribution in [0.15, 0.2) is 24.3 Å². The summed E-state index contributed by atoms with van der Waals surface area (Å²) in [7, 11) is 0. The molecule has 20 heavy (non-hydrogen) atoms. The lowest BCUT2D eigenvalue weighted by molar-refractivity contribution is -0.469. The van der Waals surface area contributed by atoms with Crippen LogP contribution in [-0.4, -0.2) is 17.3 Å². The van der Waals surface area contributed by atoms with Crippen molar-refractivity contribution in [2.24, 2.45) is 0 Å². The number of benzene rings is 1. The predicted octanol–water partition coefficient (Wildman–Crippen LogP) is 2.55. The van der Waals surface area contributed by atoms with E-state index in [4.69, 9.17) is 27.9 Å². The van der Waals surface area contributed by atoms with Crippen molar-refractivity contribution >= 4 is 40.2 Å². The molecule has 1 aromatic carbocycles. The molecule has 2 rings (SSSR count). The molecule has 0 atom stereocenters. The number of hydrogen-bond acceptors (Lipinski definition) is 4. The molecule has 6 nitrogen and oxygen atoms in total. The largest absolute Gasteiger partial charge is 0.805 e. The zero-order valence-electron chi connectivity index (χ0n) is 10.4. The Morgan fingerprint density at radius 3 is 2.70 bits per heavy atom.